The summed E-state index contributed by atoms with van der Waals surface area (Å²) in [5.41, 5.74) is 4.01. The molecular weight excluding hydrogens is 336 g/mol. The molecule has 27 heavy (non-hydrogen) atoms. The van der Waals surface area contributed by atoms with Crippen molar-refractivity contribution in [1.82, 2.24) is 20.4 Å². The monoisotopic (exact) mass is 358 g/mol. The number of aromatic nitrogens is 2. The van der Waals surface area contributed by atoms with Crippen LogP contribution in [0.5, 0.6) is 0 Å². The summed E-state index contributed by atoms with van der Waals surface area (Å²) in [6.07, 6.45) is 4.59. The highest BCUT2D eigenvalue weighted by Crippen LogP contribution is 2.09. The molecule has 2 N–H and O–H groups in total. The maximum Gasteiger partial charge on any atom is 0.191 e. The van der Waals surface area contributed by atoms with Crippen LogP contribution in [0.25, 0.3) is 5.69 Å². The van der Waals surface area contributed by atoms with Crippen LogP contribution in [0.4, 0.5) is 0 Å². The van der Waals surface area contributed by atoms with Gasteiger partial charge in [-0.3, -0.25) is 4.99 Å². The SMILES string of the molecule is CN=C(NCCc1ccc(-n2cccn2)cc1)NCc1cccc(C#N)c1. The average Bonchev–Trinajstić information content (AvgIpc) is 3.26. The van der Waals surface area contributed by atoms with Gasteiger partial charge in [0.2, 0.25) is 0 Å². The lowest BCUT2D eigenvalue weighted by Crippen LogP contribution is -2.37. The van der Waals surface area contributed by atoms with Gasteiger partial charge in [0.15, 0.2) is 5.96 Å². The van der Waals surface area contributed by atoms with Gasteiger partial charge in [0, 0.05) is 32.5 Å². The number of aliphatic imine (C=N–C) groups is 1. The standard InChI is InChI=1S/C21H22N6/c1-23-21(25-16-19-5-2-4-18(14-19)15-22)24-12-10-17-6-8-20(9-7-17)27-13-3-11-26-27/h2-9,11,13-14H,10,12,16H2,1H3,(H2,23,24,25). The minimum atomic E-state index is 0.619. The molecule has 3 rings (SSSR count). The Morgan fingerprint density at radius 2 is 1.96 bits per heavy atom. The molecule has 0 saturated heterocycles. The van der Waals surface area contributed by atoms with Gasteiger partial charge in [0.1, 0.15) is 0 Å². The predicted molar refractivity (Wildman–Crippen MR) is 107 cm³/mol. The van der Waals surface area contributed by atoms with E-state index in [1.54, 1.807) is 19.3 Å². The van der Waals surface area contributed by atoms with E-state index >= 15 is 0 Å². The van der Waals surface area contributed by atoms with Crippen molar-refractivity contribution >= 4 is 5.96 Å². The molecule has 2 aromatic carbocycles. The highest BCUT2D eigenvalue weighted by molar-refractivity contribution is 5.79. The summed E-state index contributed by atoms with van der Waals surface area (Å²) in [7, 11) is 1.75. The molecule has 0 radical (unpaired) electrons. The molecule has 1 heterocycles. The van der Waals surface area contributed by atoms with Crippen molar-refractivity contribution in [3.8, 4) is 11.8 Å². The van der Waals surface area contributed by atoms with Crippen LogP contribution in [0.15, 0.2) is 72.0 Å². The Balaban J connectivity index is 1.46. The first-order chi connectivity index (χ1) is 13.3. The number of guanidine groups is 1. The van der Waals surface area contributed by atoms with E-state index in [9.17, 15) is 0 Å². The van der Waals surface area contributed by atoms with E-state index in [-0.39, 0.29) is 0 Å². The predicted octanol–water partition coefficient (Wildman–Crippen LogP) is 2.65. The van der Waals surface area contributed by atoms with E-state index in [1.165, 1.54) is 5.56 Å². The number of hydrogen-bond donors (Lipinski definition) is 2. The summed E-state index contributed by atoms with van der Waals surface area (Å²) < 4.78 is 1.84. The van der Waals surface area contributed by atoms with Crippen molar-refractivity contribution in [2.45, 2.75) is 13.0 Å². The third kappa shape index (κ3) is 5.19. The van der Waals surface area contributed by atoms with E-state index in [0.717, 1.165) is 30.2 Å². The van der Waals surface area contributed by atoms with Gasteiger partial charge in [-0.25, -0.2) is 4.68 Å². The second-order valence-corrected chi connectivity index (χ2v) is 6.03. The molecule has 0 aliphatic rings. The largest absolute Gasteiger partial charge is 0.356 e. The van der Waals surface area contributed by atoms with Crippen molar-refractivity contribution in [3.05, 3.63) is 83.7 Å². The second kappa shape index (κ2) is 9.20. The van der Waals surface area contributed by atoms with E-state index in [0.29, 0.717) is 12.1 Å². The van der Waals surface area contributed by atoms with Crippen LogP contribution in [0, 0.1) is 11.3 Å². The minimum absolute atomic E-state index is 0.619. The number of nitriles is 1. The molecule has 0 aliphatic heterocycles. The van der Waals surface area contributed by atoms with Gasteiger partial charge >= 0.3 is 0 Å². The summed E-state index contributed by atoms with van der Waals surface area (Å²) in [4.78, 5) is 4.24. The maximum absolute atomic E-state index is 8.97. The van der Waals surface area contributed by atoms with Crippen molar-refractivity contribution in [1.29, 1.82) is 5.26 Å². The first kappa shape index (κ1) is 18.2. The zero-order chi connectivity index (χ0) is 18.9. The highest BCUT2D eigenvalue weighted by Gasteiger charge is 2.01. The Kier molecular flexibility index (Phi) is 6.21. The Morgan fingerprint density at radius 1 is 1.11 bits per heavy atom. The molecule has 0 unspecified atom stereocenters. The molecule has 1 aromatic heterocycles. The Bertz CT molecular complexity index is 920. The van der Waals surface area contributed by atoms with Crippen molar-refractivity contribution in [3.63, 3.8) is 0 Å². The van der Waals surface area contributed by atoms with Crippen LogP contribution >= 0.6 is 0 Å². The van der Waals surface area contributed by atoms with Gasteiger partial charge in [0.25, 0.3) is 0 Å². The molecule has 0 atom stereocenters. The van der Waals surface area contributed by atoms with Gasteiger partial charge in [0.05, 0.1) is 17.3 Å². The number of nitrogens with zero attached hydrogens (tertiary/aromatic N) is 4. The van der Waals surface area contributed by atoms with E-state index in [4.69, 9.17) is 5.26 Å². The van der Waals surface area contributed by atoms with Gasteiger partial charge in [-0.05, 0) is 47.9 Å². The number of benzene rings is 2. The number of hydrogen-bond acceptors (Lipinski definition) is 3. The first-order valence-electron chi connectivity index (χ1n) is 8.81. The van der Waals surface area contributed by atoms with E-state index < -0.39 is 0 Å². The van der Waals surface area contributed by atoms with E-state index in [2.05, 4.69) is 51.1 Å². The Hall–Kier alpha value is -3.59. The van der Waals surface area contributed by atoms with Crippen LogP contribution in [-0.2, 0) is 13.0 Å². The molecule has 0 bridgehead atoms. The van der Waals surface area contributed by atoms with Crippen LogP contribution in [0.2, 0.25) is 0 Å². The van der Waals surface area contributed by atoms with Gasteiger partial charge in [-0.1, -0.05) is 24.3 Å². The Labute approximate surface area is 159 Å². The van der Waals surface area contributed by atoms with Crippen LogP contribution in [0.1, 0.15) is 16.7 Å². The topological polar surface area (TPSA) is 78.0 Å². The summed E-state index contributed by atoms with van der Waals surface area (Å²) in [6, 6.07) is 20.0. The molecule has 6 nitrogen and oxygen atoms in total. The van der Waals surface area contributed by atoms with E-state index in [1.807, 2.05) is 35.1 Å². The molecule has 0 aliphatic carbocycles. The lowest BCUT2D eigenvalue weighted by molar-refractivity contribution is 0.794. The molecule has 0 spiro atoms. The molecule has 0 amide bonds. The summed E-state index contributed by atoms with van der Waals surface area (Å²) >= 11 is 0. The average molecular weight is 358 g/mol. The van der Waals surface area contributed by atoms with Crippen molar-refractivity contribution in [2.24, 2.45) is 4.99 Å². The zero-order valence-corrected chi connectivity index (χ0v) is 15.3. The second-order valence-electron chi connectivity index (χ2n) is 6.03. The Morgan fingerprint density at radius 3 is 2.67 bits per heavy atom. The van der Waals surface area contributed by atoms with Crippen LogP contribution in [-0.4, -0.2) is 29.3 Å². The third-order valence-electron chi connectivity index (χ3n) is 4.15. The van der Waals surface area contributed by atoms with Crippen LogP contribution < -0.4 is 10.6 Å². The van der Waals surface area contributed by atoms with Gasteiger partial charge in [-0.2, -0.15) is 10.4 Å². The smallest absolute Gasteiger partial charge is 0.191 e. The van der Waals surface area contributed by atoms with Crippen molar-refractivity contribution in [2.75, 3.05) is 13.6 Å². The minimum Gasteiger partial charge on any atom is -0.356 e. The maximum atomic E-state index is 8.97. The third-order valence-corrected chi connectivity index (χ3v) is 4.15. The molecule has 6 heteroatoms. The quantitative estimate of drug-likeness (QED) is 0.524. The van der Waals surface area contributed by atoms with Gasteiger partial charge < -0.3 is 10.6 Å². The molecule has 136 valence electrons. The summed E-state index contributed by atoms with van der Waals surface area (Å²) in [5.74, 6) is 0.741. The number of rotatable bonds is 6. The highest BCUT2D eigenvalue weighted by atomic mass is 15.3. The first-order valence-corrected chi connectivity index (χ1v) is 8.81. The van der Waals surface area contributed by atoms with Crippen molar-refractivity contribution < 1.29 is 0 Å². The zero-order valence-electron chi connectivity index (χ0n) is 15.3. The fraction of sp³-hybridized carbons (Fsp3) is 0.190. The van der Waals surface area contributed by atoms with Gasteiger partial charge in [-0.15, -0.1) is 0 Å². The fourth-order valence-electron chi connectivity index (χ4n) is 2.72. The summed E-state index contributed by atoms with van der Waals surface area (Å²) in [6.45, 7) is 1.40. The lowest BCUT2D eigenvalue weighted by atomic mass is 10.1. The molecular formula is C21H22N6. The number of nitrogens with one attached hydrogen (secondary N) is 2. The summed E-state index contributed by atoms with van der Waals surface area (Å²) in [5, 5.41) is 19.8. The molecule has 0 saturated carbocycles. The fourth-order valence-corrected chi connectivity index (χ4v) is 2.72. The molecule has 3 aromatic rings. The molecule has 0 fully saturated rings. The lowest BCUT2D eigenvalue weighted by Gasteiger charge is -2.12. The van der Waals surface area contributed by atoms with Crippen LogP contribution in [0.3, 0.4) is 0 Å². The normalized spacial score (nSPS) is 11.0.